The van der Waals surface area contributed by atoms with Crippen LogP contribution in [-0.2, 0) is 23.7 Å². The van der Waals surface area contributed by atoms with Crippen LogP contribution in [0.5, 0.6) is 0 Å². The maximum Gasteiger partial charge on any atom is 0.331 e. The largest absolute Gasteiger partial charge is 0.472 e. The van der Waals surface area contributed by atoms with Gasteiger partial charge in [0.2, 0.25) is 6.29 Å². The molecule has 2 fully saturated rings. The molecule has 11 nitrogen and oxygen atoms in total. The van der Waals surface area contributed by atoms with Gasteiger partial charge in [0.25, 0.3) is 0 Å². The fourth-order valence-electron chi connectivity index (χ4n) is 4.92. The molecule has 3 aliphatic rings. The molecule has 0 amide bonds. The molecule has 9 unspecified atom stereocenters. The average molecular weight is 494 g/mol. The van der Waals surface area contributed by atoms with E-state index in [4.69, 9.17) is 18.9 Å². The number of hydrogen-bond acceptors (Lipinski definition) is 11. The van der Waals surface area contributed by atoms with Gasteiger partial charge in [0.15, 0.2) is 6.29 Å². The SMILES string of the molecule is CC1(OC(=O)C=Cc2ccccc2)CC(O)[C@@]2(O)C=COC(OC3OC(CO)C(O)C(O)C3O)C12. The van der Waals surface area contributed by atoms with Crippen LogP contribution >= 0.6 is 0 Å². The molecule has 192 valence electrons. The number of aliphatic hydroxyl groups excluding tert-OH is 5. The molecule has 6 N–H and O–H groups in total. The molecule has 2 aliphatic heterocycles. The van der Waals surface area contributed by atoms with Crippen LogP contribution in [0.2, 0.25) is 0 Å². The zero-order valence-corrected chi connectivity index (χ0v) is 19.0. The first-order chi connectivity index (χ1) is 16.6. The highest BCUT2D eigenvalue weighted by molar-refractivity contribution is 5.87. The lowest BCUT2D eigenvalue weighted by molar-refractivity contribution is -0.351. The van der Waals surface area contributed by atoms with Gasteiger partial charge in [-0.2, -0.15) is 0 Å². The van der Waals surface area contributed by atoms with Crippen molar-refractivity contribution in [3.8, 4) is 0 Å². The molecule has 1 saturated carbocycles. The van der Waals surface area contributed by atoms with Gasteiger partial charge in [0.05, 0.1) is 24.9 Å². The summed E-state index contributed by atoms with van der Waals surface area (Å²) < 4.78 is 22.3. The van der Waals surface area contributed by atoms with Gasteiger partial charge in [-0.05, 0) is 24.6 Å². The quantitative estimate of drug-likeness (QED) is 0.207. The van der Waals surface area contributed by atoms with Gasteiger partial charge < -0.3 is 49.6 Å². The van der Waals surface area contributed by atoms with Gasteiger partial charge in [0.1, 0.15) is 35.6 Å². The normalized spacial score (nSPS) is 43.1. The van der Waals surface area contributed by atoms with Crippen molar-refractivity contribution >= 4 is 12.0 Å². The number of hydrogen-bond donors (Lipinski definition) is 6. The van der Waals surface area contributed by atoms with E-state index in [1.54, 1.807) is 18.2 Å². The lowest BCUT2D eigenvalue weighted by Gasteiger charge is -2.45. The van der Waals surface area contributed by atoms with Gasteiger partial charge in [-0.25, -0.2) is 4.79 Å². The topological polar surface area (TPSA) is 175 Å². The monoisotopic (exact) mass is 494 g/mol. The number of fused-ring (bicyclic) bond motifs is 1. The van der Waals surface area contributed by atoms with Crippen LogP contribution in [0.15, 0.2) is 48.7 Å². The van der Waals surface area contributed by atoms with Crippen LogP contribution in [0.1, 0.15) is 18.9 Å². The summed E-state index contributed by atoms with van der Waals surface area (Å²) in [5, 5.41) is 61.7. The molecule has 1 saturated heterocycles. The second kappa shape index (κ2) is 9.96. The fourth-order valence-corrected chi connectivity index (χ4v) is 4.92. The molecule has 0 aromatic heterocycles. The van der Waals surface area contributed by atoms with Gasteiger partial charge in [-0.1, -0.05) is 30.3 Å². The Hall–Kier alpha value is -2.35. The molecule has 0 radical (unpaired) electrons. The van der Waals surface area contributed by atoms with Crippen LogP contribution in [0.4, 0.5) is 0 Å². The number of carbonyl (C=O) groups is 1. The standard InChI is InChI=1S/C24H30O11/c1-23(35-16(27)8-7-13-5-3-2-4-6-13)11-15(26)24(31)9-10-32-22(20(23)24)34-21-19(30)18(29)17(28)14(12-25)33-21/h2-10,14-15,17-22,25-26,28-31H,11-12H2,1H3/t14?,15?,17?,18?,19?,20?,21?,22?,23?,24-/m0/s1. The minimum Gasteiger partial charge on any atom is -0.472 e. The minimum atomic E-state index is -1.91. The van der Waals surface area contributed by atoms with Crippen LogP contribution in [-0.4, -0.2) is 97.5 Å². The summed E-state index contributed by atoms with van der Waals surface area (Å²) in [5.41, 5.74) is -2.62. The number of carbonyl (C=O) groups excluding carboxylic acids is 1. The Morgan fingerprint density at radius 2 is 1.83 bits per heavy atom. The molecule has 0 bridgehead atoms. The maximum absolute atomic E-state index is 12.6. The van der Waals surface area contributed by atoms with Crippen molar-refractivity contribution < 1.29 is 54.4 Å². The average Bonchev–Trinajstić information content (AvgIpc) is 3.03. The van der Waals surface area contributed by atoms with E-state index in [9.17, 15) is 35.4 Å². The van der Waals surface area contributed by atoms with E-state index in [-0.39, 0.29) is 6.42 Å². The Bertz CT molecular complexity index is 950. The van der Waals surface area contributed by atoms with Gasteiger partial charge in [-0.15, -0.1) is 0 Å². The number of benzene rings is 1. The first kappa shape index (κ1) is 25.7. The Labute approximate surface area is 201 Å². The van der Waals surface area contributed by atoms with Crippen molar-refractivity contribution in [3.05, 3.63) is 54.3 Å². The summed E-state index contributed by atoms with van der Waals surface area (Å²) in [7, 11) is 0. The number of esters is 1. The molecule has 1 aliphatic carbocycles. The van der Waals surface area contributed by atoms with Crippen molar-refractivity contribution in [1.82, 2.24) is 0 Å². The van der Waals surface area contributed by atoms with Crippen LogP contribution in [0.3, 0.4) is 0 Å². The van der Waals surface area contributed by atoms with Crippen molar-refractivity contribution in [2.24, 2.45) is 5.92 Å². The first-order valence-electron chi connectivity index (χ1n) is 11.2. The van der Waals surface area contributed by atoms with Crippen LogP contribution < -0.4 is 0 Å². The molecule has 0 spiro atoms. The molecule has 11 heteroatoms. The lowest BCUT2D eigenvalue weighted by atomic mass is 9.81. The molecule has 1 aromatic carbocycles. The van der Waals surface area contributed by atoms with E-state index >= 15 is 0 Å². The van der Waals surface area contributed by atoms with E-state index in [1.165, 1.54) is 19.1 Å². The van der Waals surface area contributed by atoms with E-state index in [2.05, 4.69) is 0 Å². The smallest absolute Gasteiger partial charge is 0.331 e. The number of rotatable bonds is 6. The van der Waals surface area contributed by atoms with Crippen LogP contribution in [0.25, 0.3) is 6.08 Å². The summed E-state index contributed by atoms with van der Waals surface area (Å²) in [5.74, 6) is -1.90. The summed E-state index contributed by atoms with van der Waals surface area (Å²) in [6, 6.07) is 9.06. The molecular weight excluding hydrogens is 464 g/mol. The summed E-state index contributed by atoms with van der Waals surface area (Å²) in [4.78, 5) is 12.6. The second-order valence-electron chi connectivity index (χ2n) is 9.20. The van der Waals surface area contributed by atoms with Gasteiger partial charge in [-0.3, -0.25) is 0 Å². The molecular formula is C24H30O11. The van der Waals surface area contributed by atoms with E-state index in [0.29, 0.717) is 0 Å². The van der Waals surface area contributed by atoms with E-state index in [1.807, 2.05) is 18.2 Å². The zero-order valence-electron chi connectivity index (χ0n) is 19.0. The Morgan fingerprint density at radius 1 is 1.11 bits per heavy atom. The van der Waals surface area contributed by atoms with Crippen molar-refractivity contribution in [3.63, 3.8) is 0 Å². The van der Waals surface area contributed by atoms with Crippen LogP contribution in [0, 0.1) is 5.92 Å². The summed E-state index contributed by atoms with van der Waals surface area (Å²) in [6.07, 6.45) is -5.57. The Balaban J connectivity index is 1.55. The van der Waals surface area contributed by atoms with Crippen molar-refractivity contribution in [1.29, 1.82) is 0 Å². The fraction of sp³-hybridized carbons (Fsp3) is 0.542. The maximum atomic E-state index is 12.6. The number of ether oxygens (including phenoxy) is 4. The third kappa shape index (κ3) is 4.86. The molecule has 10 atom stereocenters. The summed E-state index contributed by atoms with van der Waals surface area (Å²) >= 11 is 0. The van der Waals surface area contributed by atoms with Crippen molar-refractivity contribution in [2.75, 3.05) is 6.61 Å². The third-order valence-corrected chi connectivity index (χ3v) is 6.77. The molecule has 2 heterocycles. The lowest BCUT2D eigenvalue weighted by Crippen LogP contribution is -2.62. The highest BCUT2D eigenvalue weighted by Gasteiger charge is 2.66. The highest BCUT2D eigenvalue weighted by atomic mass is 16.8. The summed E-state index contributed by atoms with van der Waals surface area (Å²) in [6.45, 7) is 0.852. The second-order valence-corrected chi connectivity index (χ2v) is 9.20. The zero-order chi connectivity index (χ0) is 25.4. The number of aliphatic hydroxyl groups is 6. The Morgan fingerprint density at radius 3 is 2.51 bits per heavy atom. The molecule has 35 heavy (non-hydrogen) atoms. The van der Waals surface area contributed by atoms with Crippen molar-refractivity contribution in [2.45, 2.75) is 67.6 Å². The predicted molar refractivity (Wildman–Crippen MR) is 118 cm³/mol. The third-order valence-electron chi connectivity index (χ3n) is 6.77. The molecule has 4 rings (SSSR count). The molecule has 1 aromatic rings. The van der Waals surface area contributed by atoms with E-state index < -0.39 is 72.8 Å². The van der Waals surface area contributed by atoms with Gasteiger partial charge in [0, 0.05) is 12.5 Å². The predicted octanol–water partition coefficient (Wildman–Crippen LogP) is -1.20. The first-order valence-corrected chi connectivity index (χ1v) is 11.2. The minimum absolute atomic E-state index is 0.151. The van der Waals surface area contributed by atoms with E-state index in [0.717, 1.165) is 11.8 Å². The van der Waals surface area contributed by atoms with Gasteiger partial charge >= 0.3 is 5.97 Å². The Kier molecular flexibility index (Phi) is 7.32. The highest BCUT2D eigenvalue weighted by Crippen LogP contribution is 2.51.